The summed E-state index contributed by atoms with van der Waals surface area (Å²) in [5, 5.41) is 10.3. The molecule has 4 aliphatic carbocycles. The number of hydrogen-bond donors (Lipinski definition) is 2. The molecule has 0 spiro atoms. The van der Waals surface area contributed by atoms with Gasteiger partial charge in [0.15, 0.2) is 0 Å². The first-order valence-electron chi connectivity index (χ1n) is 7.39. The molecule has 1 aromatic heterocycles. The highest BCUT2D eigenvalue weighted by Crippen LogP contribution is 2.61. The first kappa shape index (κ1) is 11.5. The van der Waals surface area contributed by atoms with Crippen LogP contribution in [0.4, 0.5) is 5.95 Å². The Labute approximate surface area is 113 Å². The van der Waals surface area contributed by atoms with Crippen LogP contribution in [0.1, 0.15) is 49.8 Å². The first-order valence-corrected chi connectivity index (χ1v) is 7.39. The maximum Gasteiger partial charge on any atom is 0.223 e. The molecule has 5 rings (SSSR count). The SMILES string of the molecule is Cc1nc(N)nc(O)c1C12CC3CC(CC(C3)C1)C2. The lowest BCUT2D eigenvalue weighted by molar-refractivity contribution is -0.00685. The van der Waals surface area contributed by atoms with Gasteiger partial charge in [-0.05, 0) is 63.2 Å². The monoisotopic (exact) mass is 259 g/mol. The molecular weight excluding hydrogens is 238 g/mol. The van der Waals surface area contributed by atoms with Crippen LogP contribution in [0.5, 0.6) is 5.88 Å². The fraction of sp³-hybridized carbons (Fsp3) is 0.733. The van der Waals surface area contributed by atoms with Crippen LogP contribution in [0.15, 0.2) is 0 Å². The van der Waals surface area contributed by atoms with Crippen LogP contribution in [-0.4, -0.2) is 15.1 Å². The summed E-state index contributed by atoms with van der Waals surface area (Å²) in [6, 6.07) is 0. The van der Waals surface area contributed by atoms with Crippen molar-refractivity contribution >= 4 is 5.95 Å². The van der Waals surface area contributed by atoms with Crippen LogP contribution in [0, 0.1) is 24.7 Å². The highest BCUT2D eigenvalue weighted by molar-refractivity contribution is 5.42. The Morgan fingerprint density at radius 2 is 1.58 bits per heavy atom. The Balaban J connectivity index is 1.84. The smallest absolute Gasteiger partial charge is 0.223 e. The minimum atomic E-state index is 0.131. The molecule has 0 aliphatic heterocycles. The van der Waals surface area contributed by atoms with Gasteiger partial charge < -0.3 is 10.8 Å². The van der Waals surface area contributed by atoms with Crippen LogP contribution in [-0.2, 0) is 5.41 Å². The Morgan fingerprint density at radius 1 is 1.05 bits per heavy atom. The van der Waals surface area contributed by atoms with E-state index in [1.807, 2.05) is 6.92 Å². The van der Waals surface area contributed by atoms with Crippen LogP contribution in [0.3, 0.4) is 0 Å². The fourth-order valence-electron chi connectivity index (χ4n) is 5.62. The first-order chi connectivity index (χ1) is 9.06. The van der Waals surface area contributed by atoms with Crippen molar-refractivity contribution in [2.45, 2.75) is 50.9 Å². The number of aromatic hydroxyl groups is 1. The van der Waals surface area contributed by atoms with Crippen molar-refractivity contribution in [1.29, 1.82) is 0 Å². The lowest BCUT2D eigenvalue weighted by Crippen LogP contribution is -2.49. The maximum absolute atomic E-state index is 10.3. The van der Waals surface area contributed by atoms with Gasteiger partial charge in [-0.1, -0.05) is 0 Å². The summed E-state index contributed by atoms with van der Waals surface area (Å²) < 4.78 is 0. The van der Waals surface area contributed by atoms with E-state index < -0.39 is 0 Å². The normalized spacial score (nSPS) is 39.7. The summed E-state index contributed by atoms with van der Waals surface area (Å²) in [5.41, 5.74) is 7.66. The van der Waals surface area contributed by atoms with Gasteiger partial charge in [-0.2, -0.15) is 4.98 Å². The number of nitrogens with two attached hydrogens (primary N) is 1. The van der Waals surface area contributed by atoms with E-state index in [1.165, 1.54) is 38.5 Å². The van der Waals surface area contributed by atoms with Crippen molar-refractivity contribution in [1.82, 2.24) is 9.97 Å². The minimum Gasteiger partial charge on any atom is -0.493 e. The van der Waals surface area contributed by atoms with Gasteiger partial charge in [0.05, 0.1) is 5.69 Å². The van der Waals surface area contributed by atoms with E-state index in [1.54, 1.807) is 0 Å². The Kier molecular flexibility index (Phi) is 2.19. The number of nitrogens with zero attached hydrogens (tertiary/aromatic N) is 2. The van der Waals surface area contributed by atoms with E-state index in [-0.39, 0.29) is 17.2 Å². The standard InChI is InChI=1S/C15H21N3O/c1-8-12(13(19)18-14(16)17-8)15-5-9-2-10(6-15)4-11(3-9)7-15/h9-11H,2-7H2,1H3,(H3,16,17,18,19). The van der Waals surface area contributed by atoms with Crippen LogP contribution < -0.4 is 5.73 Å². The largest absolute Gasteiger partial charge is 0.493 e. The molecule has 0 atom stereocenters. The molecule has 4 fully saturated rings. The van der Waals surface area contributed by atoms with Crippen LogP contribution in [0.2, 0.25) is 0 Å². The third kappa shape index (κ3) is 1.58. The number of hydrogen-bond acceptors (Lipinski definition) is 4. The van der Waals surface area contributed by atoms with E-state index in [4.69, 9.17) is 5.73 Å². The molecule has 0 saturated heterocycles. The molecule has 0 aromatic carbocycles. The zero-order valence-electron chi connectivity index (χ0n) is 11.4. The van der Waals surface area contributed by atoms with Gasteiger partial charge in [0.2, 0.25) is 11.8 Å². The van der Waals surface area contributed by atoms with Gasteiger partial charge in [0, 0.05) is 11.0 Å². The molecule has 102 valence electrons. The molecule has 4 aliphatic rings. The van der Waals surface area contributed by atoms with Gasteiger partial charge in [0.1, 0.15) is 0 Å². The molecule has 4 saturated carbocycles. The fourth-order valence-corrected chi connectivity index (χ4v) is 5.62. The molecule has 19 heavy (non-hydrogen) atoms. The molecule has 0 radical (unpaired) electrons. The third-order valence-electron chi connectivity index (χ3n) is 5.66. The van der Waals surface area contributed by atoms with Crippen LogP contribution >= 0.6 is 0 Å². The van der Waals surface area contributed by atoms with Crippen molar-refractivity contribution < 1.29 is 5.11 Å². The second kappa shape index (κ2) is 3.62. The summed E-state index contributed by atoms with van der Waals surface area (Å²) in [6.07, 6.45) is 7.82. The van der Waals surface area contributed by atoms with E-state index in [0.717, 1.165) is 29.0 Å². The second-order valence-corrected chi connectivity index (χ2v) is 7.06. The van der Waals surface area contributed by atoms with Crippen molar-refractivity contribution in [3.8, 4) is 5.88 Å². The zero-order valence-corrected chi connectivity index (χ0v) is 11.4. The Hall–Kier alpha value is -1.32. The molecule has 4 nitrogen and oxygen atoms in total. The third-order valence-corrected chi connectivity index (χ3v) is 5.66. The van der Waals surface area contributed by atoms with Crippen molar-refractivity contribution in [2.24, 2.45) is 17.8 Å². The topological polar surface area (TPSA) is 72.0 Å². The molecule has 0 amide bonds. The molecular formula is C15H21N3O. The van der Waals surface area contributed by atoms with Gasteiger partial charge in [-0.25, -0.2) is 4.98 Å². The molecule has 3 N–H and O–H groups in total. The summed E-state index contributed by atoms with van der Waals surface area (Å²) in [7, 11) is 0. The van der Waals surface area contributed by atoms with E-state index in [9.17, 15) is 5.11 Å². The van der Waals surface area contributed by atoms with Gasteiger partial charge in [-0.15, -0.1) is 0 Å². The summed E-state index contributed by atoms with van der Waals surface area (Å²) in [4.78, 5) is 8.31. The quantitative estimate of drug-likeness (QED) is 0.813. The van der Waals surface area contributed by atoms with E-state index in [2.05, 4.69) is 9.97 Å². The summed E-state index contributed by atoms with van der Waals surface area (Å²) in [6.45, 7) is 1.96. The molecule has 0 unspecified atom stereocenters. The van der Waals surface area contributed by atoms with Gasteiger partial charge >= 0.3 is 0 Å². The van der Waals surface area contributed by atoms with Crippen molar-refractivity contribution in [3.05, 3.63) is 11.3 Å². The maximum atomic E-state index is 10.3. The highest BCUT2D eigenvalue weighted by Gasteiger charge is 2.53. The van der Waals surface area contributed by atoms with Crippen molar-refractivity contribution in [2.75, 3.05) is 5.73 Å². The molecule has 1 aromatic rings. The minimum absolute atomic E-state index is 0.131. The number of aromatic nitrogens is 2. The predicted octanol–water partition coefficient (Wildman–Crippen LogP) is 2.54. The number of rotatable bonds is 1. The lowest BCUT2D eigenvalue weighted by Gasteiger charge is -2.57. The number of nitrogen functional groups attached to an aromatic ring is 1. The average Bonchev–Trinajstić information content (AvgIpc) is 2.24. The number of anilines is 1. The number of aryl methyl sites for hydroxylation is 1. The van der Waals surface area contributed by atoms with Crippen molar-refractivity contribution in [3.63, 3.8) is 0 Å². The van der Waals surface area contributed by atoms with E-state index in [0.29, 0.717) is 0 Å². The average molecular weight is 259 g/mol. The molecule has 4 bridgehead atoms. The predicted molar refractivity (Wildman–Crippen MR) is 72.7 cm³/mol. The molecule has 4 heteroatoms. The molecule has 1 heterocycles. The van der Waals surface area contributed by atoms with E-state index >= 15 is 0 Å². The van der Waals surface area contributed by atoms with Crippen LogP contribution in [0.25, 0.3) is 0 Å². The Morgan fingerprint density at radius 3 is 2.05 bits per heavy atom. The highest BCUT2D eigenvalue weighted by atomic mass is 16.3. The summed E-state index contributed by atoms with van der Waals surface area (Å²) in [5.74, 6) is 2.86. The van der Waals surface area contributed by atoms with Gasteiger partial charge in [-0.3, -0.25) is 0 Å². The zero-order chi connectivity index (χ0) is 13.2. The lowest BCUT2D eigenvalue weighted by atomic mass is 9.48. The Bertz CT molecular complexity index is 482. The second-order valence-electron chi connectivity index (χ2n) is 7.06. The summed E-state index contributed by atoms with van der Waals surface area (Å²) >= 11 is 0. The van der Waals surface area contributed by atoms with Gasteiger partial charge in [0.25, 0.3) is 0 Å².